The molecule has 4 aliphatic carbocycles. The van der Waals surface area contributed by atoms with Gasteiger partial charge in [-0.3, -0.25) is 19.3 Å². The van der Waals surface area contributed by atoms with Crippen LogP contribution in [-0.2, 0) is 14.4 Å². The average Bonchev–Trinajstić information content (AvgIpc) is 3.14. The summed E-state index contributed by atoms with van der Waals surface area (Å²) in [5.41, 5.74) is 0. The molecule has 6 atom stereocenters. The topological polar surface area (TPSA) is 74.7 Å². The third-order valence-electron chi connectivity index (χ3n) is 5.30. The maximum absolute atomic E-state index is 12.4. The maximum Gasteiger partial charge on any atom is 0.305 e. The van der Waals surface area contributed by atoms with Crippen LogP contribution in [0.25, 0.3) is 0 Å². The van der Waals surface area contributed by atoms with E-state index in [9.17, 15) is 14.4 Å². The number of rotatable bonds is 3. The predicted molar refractivity (Wildman–Crippen MR) is 63.7 cm³/mol. The van der Waals surface area contributed by atoms with Crippen molar-refractivity contribution in [2.45, 2.75) is 12.8 Å². The second kappa shape index (κ2) is 3.46. The molecule has 5 rings (SSSR count). The number of carbonyl (C=O) groups excluding carboxylic acids is 2. The van der Waals surface area contributed by atoms with Crippen LogP contribution in [0.2, 0.25) is 0 Å². The highest BCUT2D eigenvalue weighted by molar-refractivity contribution is 6.06. The van der Waals surface area contributed by atoms with E-state index in [1.807, 2.05) is 0 Å². The zero-order valence-electron chi connectivity index (χ0n) is 10.4. The van der Waals surface area contributed by atoms with Crippen LogP contribution in [0.5, 0.6) is 0 Å². The van der Waals surface area contributed by atoms with Gasteiger partial charge in [0.05, 0.1) is 18.3 Å². The molecule has 0 unspecified atom stereocenters. The Balaban J connectivity index is 1.63. The highest BCUT2D eigenvalue weighted by Gasteiger charge is 2.66. The molecule has 5 nitrogen and oxygen atoms in total. The van der Waals surface area contributed by atoms with Crippen molar-refractivity contribution < 1.29 is 19.5 Å². The van der Waals surface area contributed by atoms with Crippen LogP contribution in [0.1, 0.15) is 12.8 Å². The molecule has 0 spiro atoms. The van der Waals surface area contributed by atoms with Crippen molar-refractivity contribution in [3.05, 3.63) is 12.2 Å². The Labute approximate surface area is 110 Å². The summed E-state index contributed by atoms with van der Waals surface area (Å²) in [6, 6.07) is 0. The van der Waals surface area contributed by atoms with Gasteiger partial charge < -0.3 is 5.11 Å². The van der Waals surface area contributed by atoms with E-state index in [2.05, 4.69) is 12.2 Å². The summed E-state index contributed by atoms with van der Waals surface area (Å²) >= 11 is 0. The third kappa shape index (κ3) is 1.33. The van der Waals surface area contributed by atoms with Crippen LogP contribution in [0.3, 0.4) is 0 Å². The minimum Gasteiger partial charge on any atom is -0.481 e. The monoisotopic (exact) mass is 261 g/mol. The van der Waals surface area contributed by atoms with E-state index in [1.165, 1.54) is 4.90 Å². The van der Waals surface area contributed by atoms with E-state index in [4.69, 9.17) is 5.11 Å². The van der Waals surface area contributed by atoms with Crippen molar-refractivity contribution in [1.29, 1.82) is 0 Å². The number of nitrogens with zero attached hydrogens (tertiary/aromatic N) is 1. The summed E-state index contributed by atoms with van der Waals surface area (Å²) < 4.78 is 0. The lowest BCUT2D eigenvalue weighted by Gasteiger charge is -2.37. The molecule has 100 valence electrons. The molecule has 2 bridgehead atoms. The molecular weight excluding hydrogens is 246 g/mol. The summed E-state index contributed by atoms with van der Waals surface area (Å²) in [5.74, 6) is -0.0567. The van der Waals surface area contributed by atoms with E-state index < -0.39 is 5.97 Å². The summed E-state index contributed by atoms with van der Waals surface area (Å²) in [5, 5.41) is 8.71. The summed E-state index contributed by atoms with van der Waals surface area (Å²) in [6.45, 7) is 0.0226. The van der Waals surface area contributed by atoms with Gasteiger partial charge in [-0.1, -0.05) is 12.2 Å². The van der Waals surface area contributed by atoms with Crippen molar-refractivity contribution in [1.82, 2.24) is 4.90 Å². The van der Waals surface area contributed by atoms with Crippen molar-refractivity contribution in [3.8, 4) is 0 Å². The molecule has 1 heterocycles. The van der Waals surface area contributed by atoms with E-state index in [-0.39, 0.29) is 48.5 Å². The average molecular weight is 261 g/mol. The lowest BCUT2D eigenvalue weighted by atomic mass is 9.63. The predicted octanol–water partition coefficient (Wildman–Crippen LogP) is 0.514. The van der Waals surface area contributed by atoms with E-state index in [0.29, 0.717) is 11.8 Å². The fraction of sp³-hybridized carbons (Fsp3) is 0.643. The first-order valence-electron chi connectivity index (χ1n) is 6.85. The number of hydrogen-bond acceptors (Lipinski definition) is 3. The van der Waals surface area contributed by atoms with E-state index >= 15 is 0 Å². The van der Waals surface area contributed by atoms with Gasteiger partial charge in [-0.05, 0) is 30.1 Å². The van der Waals surface area contributed by atoms with Crippen LogP contribution in [0, 0.1) is 35.5 Å². The van der Waals surface area contributed by atoms with Gasteiger partial charge in [0.25, 0.3) is 0 Å². The lowest BCUT2D eigenvalue weighted by Crippen LogP contribution is -2.40. The van der Waals surface area contributed by atoms with Crippen LogP contribution in [0.15, 0.2) is 12.2 Å². The SMILES string of the molecule is O=C(O)CCN1C(=O)[C@@H]2[C@@H]3C=C[C@H]([C@@H]4C[C@H]34)[C@@H]2C1=O. The smallest absolute Gasteiger partial charge is 0.305 e. The normalized spacial score (nSPS) is 45.4. The highest BCUT2D eigenvalue weighted by Crippen LogP contribution is 2.65. The second-order valence-electron chi connectivity index (χ2n) is 6.13. The van der Waals surface area contributed by atoms with Crippen molar-refractivity contribution in [3.63, 3.8) is 0 Å². The standard InChI is InChI=1S/C14H15NO4/c16-10(17)3-4-15-13(18)11-6-1-2-7(9-5-8(6)9)12(11)14(15)19/h1-2,6-9,11-12H,3-5H2,(H,16,17)/t6-,7-,8-,9+,11-,12+/m1/s1. The molecule has 1 aliphatic heterocycles. The first-order chi connectivity index (χ1) is 9.09. The number of amides is 2. The van der Waals surface area contributed by atoms with Gasteiger partial charge in [-0.15, -0.1) is 0 Å². The molecule has 5 aliphatic rings. The molecule has 1 saturated heterocycles. The van der Waals surface area contributed by atoms with Gasteiger partial charge in [-0.2, -0.15) is 0 Å². The third-order valence-corrected chi connectivity index (χ3v) is 5.30. The number of carbonyl (C=O) groups is 3. The lowest BCUT2D eigenvalue weighted by molar-refractivity contribution is -0.142. The number of aliphatic carboxylic acids is 1. The van der Waals surface area contributed by atoms with E-state index in [1.54, 1.807) is 0 Å². The van der Waals surface area contributed by atoms with Gasteiger partial charge >= 0.3 is 5.97 Å². The molecule has 2 saturated carbocycles. The number of likely N-dealkylation sites (tertiary alicyclic amines) is 1. The fourth-order valence-electron chi connectivity index (χ4n) is 4.45. The highest BCUT2D eigenvalue weighted by atomic mass is 16.4. The van der Waals surface area contributed by atoms with Gasteiger partial charge in [-0.25, -0.2) is 0 Å². The van der Waals surface area contributed by atoms with Crippen LogP contribution in [-0.4, -0.2) is 34.3 Å². The Hall–Kier alpha value is -1.65. The number of carboxylic acids is 1. The number of allylic oxidation sites excluding steroid dienone is 2. The quantitative estimate of drug-likeness (QED) is 0.593. The molecule has 3 fully saturated rings. The molecular formula is C14H15NO4. The molecule has 2 amide bonds. The Morgan fingerprint density at radius 1 is 1.16 bits per heavy atom. The largest absolute Gasteiger partial charge is 0.481 e. The van der Waals surface area contributed by atoms with Crippen LogP contribution >= 0.6 is 0 Å². The zero-order valence-corrected chi connectivity index (χ0v) is 10.4. The summed E-state index contributed by atoms with van der Waals surface area (Å²) in [4.78, 5) is 36.6. The summed E-state index contributed by atoms with van der Waals surface area (Å²) in [6.07, 6.45) is 5.22. The minimum absolute atomic E-state index is 0.0226. The Kier molecular flexibility index (Phi) is 2.04. The minimum atomic E-state index is -0.973. The Bertz CT molecular complexity index is 490. The molecule has 0 radical (unpaired) electrons. The number of imide groups is 1. The molecule has 19 heavy (non-hydrogen) atoms. The second-order valence-corrected chi connectivity index (χ2v) is 6.13. The number of hydrogen-bond donors (Lipinski definition) is 1. The molecule has 0 aromatic carbocycles. The maximum atomic E-state index is 12.4. The van der Waals surface area contributed by atoms with Gasteiger partial charge in [0.2, 0.25) is 11.8 Å². The first kappa shape index (κ1) is 11.2. The van der Waals surface area contributed by atoms with Crippen molar-refractivity contribution in [2.24, 2.45) is 35.5 Å². The molecule has 0 aromatic rings. The van der Waals surface area contributed by atoms with Gasteiger partial charge in [0, 0.05) is 6.54 Å². The van der Waals surface area contributed by atoms with Gasteiger partial charge in [0.1, 0.15) is 0 Å². The molecule has 5 heteroatoms. The van der Waals surface area contributed by atoms with Crippen molar-refractivity contribution in [2.75, 3.05) is 6.54 Å². The fourth-order valence-corrected chi connectivity index (χ4v) is 4.45. The van der Waals surface area contributed by atoms with Crippen LogP contribution < -0.4 is 0 Å². The number of carboxylic acid groups (broad SMARTS) is 1. The van der Waals surface area contributed by atoms with Crippen molar-refractivity contribution >= 4 is 17.8 Å². The first-order valence-corrected chi connectivity index (χ1v) is 6.85. The summed E-state index contributed by atoms with van der Waals surface area (Å²) in [7, 11) is 0. The van der Waals surface area contributed by atoms with E-state index in [0.717, 1.165) is 6.42 Å². The molecule has 1 N–H and O–H groups in total. The Morgan fingerprint density at radius 3 is 2.16 bits per heavy atom. The van der Waals surface area contributed by atoms with Crippen LogP contribution in [0.4, 0.5) is 0 Å². The Morgan fingerprint density at radius 2 is 1.68 bits per heavy atom. The molecule has 0 aromatic heterocycles. The zero-order chi connectivity index (χ0) is 13.3. The van der Waals surface area contributed by atoms with Gasteiger partial charge in [0.15, 0.2) is 0 Å².